The van der Waals surface area contributed by atoms with Crippen molar-refractivity contribution in [2.24, 2.45) is 10.9 Å². The Morgan fingerprint density at radius 1 is 0.939 bits per heavy atom. The van der Waals surface area contributed by atoms with Gasteiger partial charge in [-0.3, -0.25) is 9.98 Å². The van der Waals surface area contributed by atoms with E-state index in [1.54, 1.807) is 13.2 Å². The molecule has 0 aliphatic rings. The molecule has 0 saturated carbocycles. The van der Waals surface area contributed by atoms with Crippen LogP contribution in [0.25, 0.3) is 0 Å². The number of rotatable bonds is 11. The monoisotopic (exact) mass is 560 g/mol. The van der Waals surface area contributed by atoms with Crippen LogP contribution in [0, 0.1) is 5.92 Å². The van der Waals surface area contributed by atoms with E-state index in [1.165, 1.54) is 5.56 Å². The molecule has 7 heteroatoms. The molecule has 0 fully saturated rings. The minimum absolute atomic E-state index is 0. The number of aliphatic imine (C=N–C) groups is 1. The molecule has 0 amide bonds. The number of halogens is 1. The fourth-order valence-electron chi connectivity index (χ4n) is 3.07. The summed E-state index contributed by atoms with van der Waals surface area (Å²) >= 11 is 0. The predicted octanol–water partition coefficient (Wildman–Crippen LogP) is 4.80. The maximum atomic E-state index is 5.86. The van der Waals surface area contributed by atoms with Crippen LogP contribution < -0.4 is 15.4 Å². The fourth-order valence-corrected chi connectivity index (χ4v) is 3.07. The molecule has 2 aromatic carbocycles. The average molecular weight is 560 g/mol. The fraction of sp³-hybridized carbons (Fsp3) is 0.308. The van der Waals surface area contributed by atoms with Gasteiger partial charge in [0.1, 0.15) is 12.4 Å². The van der Waals surface area contributed by atoms with Gasteiger partial charge in [-0.25, -0.2) is 0 Å². The second-order valence-electron chi connectivity index (χ2n) is 7.67. The zero-order valence-corrected chi connectivity index (χ0v) is 21.6. The molecule has 0 aliphatic heterocycles. The highest BCUT2D eigenvalue weighted by Gasteiger charge is 2.06. The van der Waals surface area contributed by atoms with Gasteiger partial charge in [0.05, 0.1) is 18.9 Å². The van der Waals surface area contributed by atoms with Crippen molar-refractivity contribution in [3.63, 3.8) is 0 Å². The van der Waals surface area contributed by atoms with Gasteiger partial charge in [0.2, 0.25) is 0 Å². The van der Waals surface area contributed by atoms with E-state index >= 15 is 0 Å². The summed E-state index contributed by atoms with van der Waals surface area (Å²) in [5.41, 5.74) is 3.21. The van der Waals surface area contributed by atoms with Gasteiger partial charge in [0.15, 0.2) is 5.96 Å². The van der Waals surface area contributed by atoms with Crippen LogP contribution >= 0.6 is 24.0 Å². The molecule has 0 aliphatic carbocycles. The molecule has 176 valence electrons. The number of ether oxygens (including phenoxy) is 2. The van der Waals surface area contributed by atoms with Crippen LogP contribution in [0.4, 0.5) is 0 Å². The number of nitrogens with one attached hydrogen (secondary N) is 2. The van der Waals surface area contributed by atoms with E-state index in [4.69, 9.17) is 9.47 Å². The molecular formula is C26H33IN4O2. The Morgan fingerprint density at radius 3 is 2.48 bits per heavy atom. The number of aromatic nitrogens is 1. The van der Waals surface area contributed by atoms with Crippen molar-refractivity contribution in [3.05, 3.63) is 95.8 Å². The molecule has 1 aromatic heterocycles. The summed E-state index contributed by atoms with van der Waals surface area (Å²) in [6, 6.07) is 24.1. The minimum Gasteiger partial charge on any atom is -0.487 e. The van der Waals surface area contributed by atoms with E-state index < -0.39 is 0 Å². The van der Waals surface area contributed by atoms with Crippen molar-refractivity contribution in [1.82, 2.24) is 15.6 Å². The molecule has 0 saturated heterocycles. The number of pyridine rings is 1. The van der Waals surface area contributed by atoms with Crippen LogP contribution in [-0.4, -0.2) is 31.1 Å². The van der Waals surface area contributed by atoms with Crippen LogP contribution in [0.1, 0.15) is 23.7 Å². The highest BCUT2D eigenvalue weighted by atomic mass is 127. The van der Waals surface area contributed by atoms with E-state index in [2.05, 4.69) is 45.7 Å². The van der Waals surface area contributed by atoms with Crippen LogP contribution in [-0.2, 0) is 24.5 Å². The average Bonchev–Trinajstić information content (AvgIpc) is 2.84. The highest BCUT2D eigenvalue weighted by Crippen LogP contribution is 2.14. The smallest absolute Gasteiger partial charge is 0.191 e. The first-order valence-electron chi connectivity index (χ1n) is 10.9. The van der Waals surface area contributed by atoms with Gasteiger partial charge in [-0.1, -0.05) is 55.5 Å². The minimum atomic E-state index is 0. The lowest BCUT2D eigenvalue weighted by atomic mass is 10.2. The van der Waals surface area contributed by atoms with Crippen LogP contribution in [0.5, 0.6) is 5.75 Å². The first-order valence-corrected chi connectivity index (χ1v) is 10.9. The molecule has 2 N–H and O–H groups in total. The number of hydrogen-bond acceptors (Lipinski definition) is 4. The Bertz CT molecular complexity index is 955. The molecular weight excluding hydrogens is 527 g/mol. The molecule has 1 unspecified atom stereocenters. The topological polar surface area (TPSA) is 67.8 Å². The normalized spacial score (nSPS) is 11.9. The Balaban J connectivity index is 0.00000385. The lowest BCUT2D eigenvalue weighted by Gasteiger charge is -2.16. The largest absolute Gasteiger partial charge is 0.487 e. The summed E-state index contributed by atoms with van der Waals surface area (Å²) in [4.78, 5) is 8.60. The molecule has 0 spiro atoms. The van der Waals surface area contributed by atoms with E-state index in [9.17, 15) is 0 Å². The number of guanidine groups is 1. The summed E-state index contributed by atoms with van der Waals surface area (Å²) in [6.45, 7) is 5.37. The first-order chi connectivity index (χ1) is 15.7. The summed E-state index contributed by atoms with van der Waals surface area (Å²) < 4.78 is 11.7. The second-order valence-corrected chi connectivity index (χ2v) is 7.67. The lowest BCUT2D eigenvalue weighted by molar-refractivity contribution is 0.0931. The van der Waals surface area contributed by atoms with E-state index in [-0.39, 0.29) is 24.0 Å². The molecule has 6 nitrogen and oxygen atoms in total. The number of benzene rings is 2. The zero-order chi connectivity index (χ0) is 22.4. The standard InChI is InChI=1S/C26H32N4O2.HI/c1-21(18-31-19-22-9-4-3-5-10-22)16-29-26(27-2)30-17-23-11-8-13-25(15-23)32-20-24-12-6-7-14-28-24;/h3-15,21H,16-20H2,1-2H3,(H2,27,29,30);1H. The molecule has 3 aromatic rings. The van der Waals surface area contributed by atoms with Crippen LogP contribution in [0.3, 0.4) is 0 Å². The summed E-state index contributed by atoms with van der Waals surface area (Å²) in [6.07, 6.45) is 1.77. The van der Waals surface area contributed by atoms with Crippen molar-refractivity contribution in [3.8, 4) is 5.75 Å². The third-order valence-electron chi connectivity index (χ3n) is 4.83. The molecule has 33 heavy (non-hydrogen) atoms. The zero-order valence-electron chi connectivity index (χ0n) is 19.2. The molecule has 0 radical (unpaired) electrons. The molecule has 1 atom stereocenters. The molecule has 0 bridgehead atoms. The summed E-state index contributed by atoms with van der Waals surface area (Å²) in [5.74, 6) is 1.95. The van der Waals surface area contributed by atoms with Crippen molar-refractivity contribution >= 4 is 29.9 Å². The Kier molecular flexibility index (Phi) is 12.3. The highest BCUT2D eigenvalue weighted by molar-refractivity contribution is 14.0. The van der Waals surface area contributed by atoms with Crippen molar-refractivity contribution in [2.45, 2.75) is 26.7 Å². The van der Waals surface area contributed by atoms with Gasteiger partial charge in [-0.05, 0) is 41.3 Å². The van der Waals surface area contributed by atoms with Gasteiger partial charge < -0.3 is 20.1 Å². The Hall–Kier alpha value is -2.65. The Labute approximate surface area is 213 Å². The Morgan fingerprint density at radius 2 is 1.73 bits per heavy atom. The quantitative estimate of drug-likeness (QED) is 0.201. The summed E-state index contributed by atoms with van der Waals surface area (Å²) in [5, 5.41) is 6.72. The van der Waals surface area contributed by atoms with Gasteiger partial charge in [-0.15, -0.1) is 24.0 Å². The second kappa shape index (κ2) is 15.2. The third kappa shape index (κ3) is 10.2. The van der Waals surface area contributed by atoms with Gasteiger partial charge in [0, 0.05) is 26.3 Å². The summed E-state index contributed by atoms with van der Waals surface area (Å²) in [7, 11) is 1.78. The number of hydrogen-bond donors (Lipinski definition) is 2. The van der Waals surface area contributed by atoms with E-state index in [1.807, 2.05) is 54.6 Å². The van der Waals surface area contributed by atoms with Gasteiger partial charge in [0.25, 0.3) is 0 Å². The van der Waals surface area contributed by atoms with Crippen LogP contribution in [0.2, 0.25) is 0 Å². The molecule has 1 heterocycles. The van der Waals surface area contributed by atoms with E-state index in [0.717, 1.165) is 29.5 Å². The predicted molar refractivity (Wildman–Crippen MR) is 144 cm³/mol. The van der Waals surface area contributed by atoms with Gasteiger partial charge >= 0.3 is 0 Å². The van der Waals surface area contributed by atoms with Crippen molar-refractivity contribution in [2.75, 3.05) is 20.2 Å². The van der Waals surface area contributed by atoms with Crippen molar-refractivity contribution < 1.29 is 9.47 Å². The number of nitrogens with zero attached hydrogens (tertiary/aromatic N) is 2. The van der Waals surface area contributed by atoms with Crippen LogP contribution in [0.15, 0.2) is 84.0 Å². The van der Waals surface area contributed by atoms with E-state index in [0.29, 0.717) is 32.3 Å². The first kappa shape index (κ1) is 26.6. The maximum absolute atomic E-state index is 5.86. The lowest BCUT2D eigenvalue weighted by Crippen LogP contribution is -2.39. The van der Waals surface area contributed by atoms with Gasteiger partial charge in [-0.2, -0.15) is 0 Å². The van der Waals surface area contributed by atoms with Crippen molar-refractivity contribution in [1.29, 1.82) is 0 Å². The SMILES string of the molecule is CN=C(NCc1cccc(OCc2ccccn2)c1)NCC(C)COCc1ccccc1.I. The third-order valence-corrected chi connectivity index (χ3v) is 4.83. The maximum Gasteiger partial charge on any atom is 0.191 e. The molecule has 3 rings (SSSR count).